The van der Waals surface area contributed by atoms with Crippen LogP contribution in [0.2, 0.25) is 0 Å². The summed E-state index contributed by atoms with van der Waals surface area (Å²) in [7, 11) is 0. The van der Waals surface area contributed by atoms with E-state index < -0.39 is 0 Å². The van der Waals surface area contributed by atoms with Crippen LogP contribution in [0, 0.1) is 6.92 Å². The highest BCUT2D eigenvalue weighted by Gasteiger charge is 2.09. The lowest BCUT2D eigenvalue weighted by Crippen LogP contribution is -2.28. The summed E-state index contributed by atoms with van der Waals surface area (Å²) in [6.45, 7) is 4.05. The molecule has 2 nitrogen and oxygen atoms in total. The highest BCUT2D eigenvalue weighted by Crippen LogP contribution is 2.11. The molecule has 1 atom stereocenters. The van der Waals surface area contributed by atoms with Crippen LogP contribution in [0.5, 0.6) is 0 Å². The second-order valence-corrected chi connectivity index (χ2v) is 4.86. The molecule has 2 aromatic carbocycles. The molecule has 0 spiro atoms. The van der Waals surface area contributed by atoms with Gasteiger partial charge in [-0.05, 0) is 25.0 Å². The molecular formula is C17H19NO. The average Bonchev–Trinajstić information content (AvgIpc) is 2.42. The van der Waals surface area contributed by atoms with Crippen molar-refractivity contribution in [2.24, 2.45) is 0 Å². The normalized spacial score (nSPS) is 11.9. The van der Waals surface area contributed by atoms with Gasteiger partial charge in [0.25, 0.3) is 0 Å². The van der Waals surface area contributed by atoms with E-state index >= 15 is 0 Å². The van der Waals surface area contributed by atoms with Gasteiger partial charge < -0.3 is 5.32 Å². The number of benzene rings is 2. The first kappa shape index (κ1) is 13.3. The van der Waals surface area contributed by atoms with E-state index in [1.807, 2.05) is 68.4 Å². The molecule has 0 bridgehead atoms. The Morgan fingerprint density at radius 2 is 1.68 bits per heavy atom. The highest BCUT2D eigenvalue weighted by atomic mass is 16.1. The first-order valence-electron chi connectivity index (χ1n) is 6.55. The number of hydrogen-bond donors (Lipinski definition) is 1. The molecule has 0 unspecified atom stereocenters. The molecule has 98 valence electrons. The van der Waals surface area contributed by atoms with Gasteiger partial charge in [-0.15, -0.1) is 0 Å². The van der Waals surface area contributed by atoms with E-state index in [0.717, 1.165) is 11.1 Å². The highest BCUT2D eigenvalue weighted by molar-refractivity contribution is 5.79. The van der Waals surface area contributed by atoms with Gasteiger partial charge in [-0.3, -0.25) is 4.79 Å². The number of nitrogens with one attached hydrogen (secondary N) is 1. The predicted octanol–water partition coefficient (Wildman–Crippen LogP) is 3.41. The van der Waals surface area contributed by atoms with Crippen molar-refractivity contribution in [1.29, 1.82) is 0 Å². The molecule has 0 aromatic heterocycles. The van der Waals surface area contributed by atoms with Gasteiger partial charge in [-0.2, -0.15) is 0 Å². The number of carbonyl (C=O) groups is 1. The second-order valence-electron chi connectivity index (χ2n) is 4.86. The summed E-state index contributed by atoms with van der Waals surface area (Å²) in [4.78, 5) is 12.0. The number of rotatable bonds is 4. The predicted molar refractivity (Wildman–Crippen MR) is 77.9 cm³/mol. The van der Waals surface area contributed by atoms with Crippen molar-refractivity contribution in [1.82, 2.24) is 5.32 Å². The largest absolute Gasteiger partial charge is 0.349 e. The van der Waals surface area contributed by atoms with Gasteiger partial charge in [0.2, 0.25) is 5.91 Å². The topological polar surface area (TPSA) is 29.1 Å². The zero-order valence-corrected chi connectivity index (χ0v) is 11.4. The van der Waals surface area contributed by atoms with Crippen LogP contribution in [0.3, 0.4) is 0 Å². The molecule has 0 aliphatic carbocycles. The van der Waals surface area contributed by atoms with E-state index in [1.165, 1.54) is 5.56 Å². The van der Waals surface area contributed by atoms with Crippen molar-refractivity contribution in [2.75, 3.05) is 0 Å². The molecule has 0 aliphatic rings. The maximum atomic E-state index is 12.0. The number of hydrogen-bond acceptors (Lipinski definition) is 1. The molecule has 0 heterocycles. The van der Waals surface area contributed by atoms with Gasteiger partial charge in [0.15, 0.2) is 0 Å². The first-order valence-corrected chi connectivity index (χ1v) is 6.55. The zero-order chi connectivity index (χ0) is 13.7. The summed E-state index contributed by atoms with van der Waals surface area (Å²) in [6, 6.07) is 18.1. The van der Waals surface area contributed by atoms with Crippen LogP contribution >= 0.6 is 0 Å². The van der Waals surface area contributed by atoms with Gasteiger partial charge in [-0.1, -0.05) is 60.2 Å². The minimum Gasteiger partial charge on any atom is -0.349 e. The minimum absolute atomic E-state index is 0.0409. The van der Waals surface area contributed by atoms with Crippen LogP contribution in [-0.2, 0) is 11.2 Å². The Labute approximate surface area is 114 Å². The summed E-state index contributed by atoms with van der Waals surface area (Å²) in [5, 5.41) is 3.02. The quantitative estimate of drug-likeness (QED) is 0.888. The van der Waals surface area contributed by atoms with Crippen LogP contribution in [0.15, 0.2) is 54.6 Å². The fourth-order valence-corrected chi connectivity index (χ4v) is 2.01. The maximum absolute atomic E-state index is 12.0. The Morgan fingerprint density at radius 3 is 2.32 bits per heavy atom. The maximum Gasteiger partial charge on any atom is 0.224 e. The summed E-state index contributed by atoms with van der Waals surface area (Å²) >= 11 is 0. The Balaban J connectivity index is 1.93. The molecule has 1 N–H and O–H groups in total. The number of amides is 1. The lowest BCUT2D eigenvalue weighted by Gasteiger charge is -2.14. The van der Waals surface area contributed by atoms with Gasteiger partial charge in [0.05, 0.1) is 12.5 Å². The molecule has 0 radical (unpaired) electrons. The van der Waals surface area contributed by atoms with Gasteiger partial charge in [0.1, 0.15) is 0 Å². The van der Waals surface area contributed by atoms with Crippen LogP contribution in [0.25, 0.3) is 0 Å². The third kappa shape index (κ3) is 3.95. The molecule has 0 saturated carbocycles. The summed E-state index contributed by atoms with van der Waals surface area (Å²) in [5.41, 5.74) is 3.38. The lowest BCUT2D eigenvalue weighted by molar-refractivity contribution is -0.121. The van der Waals surface area contributed by atoms with E-state index in [9.17, 15) is 4.79 Å². The van der Waals surface area contributed by atoms with E-state index in [4.69, 9.17) is 0 Å². The zero-order valence-electron chi connectivity index (χ0n) is 11.4. The van der Waals surface area contributed by atoms with E-state index in [2.05, 4.69) is 5.32 Å². The minimum atomic E-state index is 0.0409. The van der Waals surface area contributed by atoms with Crippen molar-refractivity contribution >= 4 is 5.91 Å². The number of aryl methyl sites for hydroxylation is 1. The molecule has 1 amide bonds. The fraction of sp³-hybridized carbons (Fsp3) is 0.235. The van der Waals surface area contributed by atoms with Gasteiger partial charge >= 0.3 is 0 Å². The van der Waals surface area contributed by atoms with Crippen molar-refractivity contribution in [3.8, 4) is 0 Å². The molecule has 19 heavy (non-hydrogen) atoms. The molecule has 0 fully saturated rings. The molecule has 0 saturated heterocycles. The second kappa shape index (κ2) is 6.19. The Kier molecular flexibility index (Phi) is 4.35. The monoisotopic (exact) mass is 253 g/mol. The molecule has 2 aromatic rings. The Hall–Kier alpha value is -2.09. The molecule has 2 heteroatoms. The first-order chi connectivity index (χ1) is 9.15. The molecule has 0 aliphatic heterocycles. The Morgan fingerprint density at radius 1 is 1.05 bits per heavy atom. The summed E-state index contributed by atoms with van der Waals surface area (Å²) in [6.07, 6.45) is 0.428. The van der Waals surface area contributed by atoms with Crippen LogP contribution in [0.4, 0.5) is 0 Å². The van der Waals surface area contributed by atoms with Crippen molar-refractivity contribution in [3.05, 3.63) is 71.3 Å². The van der Waals surface area contributed by atoms with E-state index in [0.29, 0.717) is 6.42 Å². The fourth-order valence-electron chi connectivity index (χ4n) is 2.01. The van der Waals surface area contributed by atoms with Crippen molar-refractivity contribution in [2.45, 2.75) is 26.3 Å². The van der Waals surface area contributed by atoms with Crippen LogP contribution < -0.4 is 5.32 Å². The van der Waals surface area contributed by atoms with Crippen LogP contribution in [0.1, 0.15) is 29.7 Å². The number of carbonyl (C=O) groups excluding carboxylic acids is 1. The Bertz CT molecular complexity index is 531. The molecular weight excluding hydrogens is 234 g/mol. The van der Waals surface area contributed by atoms with E-state index in [-0.39, 0.29) is 11.9 Å². The van der Waals surface area contributed by atoms with Gasteiger partial charge in [0, 0.05) is 0 Å². The van der Waals surface area contributed by atoms with Crippen molar-refractivity contribution in [3.63, 3.8) is 0 Å². The smallest absolute Gasteiger partial charge is 0.224 e. The van der Waals surface area contributed by atoms with Crippen molar-refractivity contribution < 1.29 is 4.79 Å². The summed E-state index contributed by atoms with van der Waals surface area (Å²) < 4.78 is 0. The third-order valence-corrected chi connectivity index (χ3v) is 3.16. The van der Waals surface area contributed by atoms with Gasteiger partial charge in [-0.25, -0.2) is 0 Å². The van der Waals surface area contributed by atoms with Crippen LogP contribution in [-0.4, -0.2) is 5.91 Å². The summed E-state index contributed by atoms with van der Waals surface area (Å²) in [5.74, 6) is 0.0557. The lowest BCUT2D eigenvalue weighted by atomic mass is 10.1. The average molecular weight is 253 g/mol. The third-order valence-electron chi connectivity index (χ3n) is 3.16. The standard InChI is InChI=1S/C17H19NO/c1-13-8-10-15(11-9-13)12-17(19)18-14(2)16-6-4-3-5-7-16/h3-11,14H,12H2,1-2H3,(H,18,19)/t14-/m1/s1. The SMILES string of the molecule is Cc1ccc(CC(=O)N[C@H](C)c2ccccc2)cc1. The van der Waals surface area contributed by atoms with E-state index in [1.54, 1.807) is 0 Å². The molecule has 2 rings (SSSR count).